The van der Waals surface area contributed by atoms with Crippen molar-refractivity contribution in [3.8, 4) is 22.9 Å². The molecule has 0 saturated heterocycles. The molecule has 1 atom stereocenters. The number of carbonyl (C=O) groups excluding carboxylic acids is 1. The third-order valence-corrected chi connectivity index (χ3v) is 7.55. The zero-order chi connectivity index (χ0) is 28.1. The van der Waals surface area contributed by atoms with Crippen LogP contribution in [-0.2, 0) is 11.2 Å². The number of ether oxygens (including phenoxy) is 1. The monoisotopic (exact) mass is 548 g/mol. The lowest BCUT2D eigenvalue weighted by Gasteiger charge is -2.29. The number of nitrogens with zero attached hydrogens (tertiary/aromatic N) is 2. The van der Waals surface area contributed by atoms with Crippen LogP contribution in [-0.4, -0.2) is 39.7 Å². The molecule has 0 bridgehead atoms. The lowest BCUT2D eigenvalue weighted by atomic mass is 9.82. The van der Waals surface area contributed by atoms with E-state index in [0.717, 1.165) is 12.8 Å². The summed E-state index contributed by atoms with van der Waals surface area (Å²) in [5, 5.41) is 29.1. The Morgan fingerprint density at radius 1 is 1.10 bits per heavy atom. The molecule has 3 aromatic rings. The van der Waals surface area contributed by atoms with Crippen LogP contribution in [0.3, 0.4) is 0 Å². The van der Waals surface area contributed by atoms with Crippen molar-refractivity contribution in [2.75, 3.05) is 7.11 Å². The van der Waals surface area contributed by atoms with Crippen molar-refractivity contribution in [1.29, 1.82) is 5.26 Å². The van der Waals surface area contributed by atoms with Gasteiger partial charge in [-0.3, -0.25) is 9.59 Å². The minimum atomic E-state index is -1.05. The van der Waals surface area contributed by atoms with Crippen LogP contribution in [0.1, 0.15) is 59.6 Å². The van der Waals surface area contributed by atoms with E-state index in [1.54, 1.807) is 30.3 Å². The second-order valence-corrected chi connectivity index (χ2v) is 10.3. The zero-order valence-corrected chi connectivity index (χ0v) is 22.2. The van der Waals surface area contributed by atoms with E-state index in [4.69, 9.17) is 21.4 Å². The Bertz CT molecular complexity index is 1470. The predicted molar refractivity (Wildman–Crippen MR) is 146 cm³/mol. The van der Waals surface area contributed by atoms with Crippen molar-refractivity contribution in [2.45, 2.75) is 50.7 Å². The van der Waals surface area contributed by atoms with Gasteiger partial charge in [-0.2, -0.15) is 5.26 Å². The van der Waals surface area contributed by atoms with Crippen LogP contribution in [0.5, 0.6) is 5.75 Å². The smallest absolute Gasteiger partial charge is 0.335 e. The van der Waals surface area contributed by atoms with E-state index in [1.807, 2.05) is 0 Å². The van der Waals surface area contributed by atoms with Crippen LogP contribution < -0.4 is 10.3 Å². The summed E-state index contributed by atoms with van der Waals surface area (Å²) in [7, 11) is 1.45. The number of ketones is 1. The van der Waals surface area contributed by atoms with E-state index in [2.05, 4.69) is 6.07 Å². The number of Topliss-reactive ketones (excluding diaryl/α,β-unsaturated/α-hetero) is 1. The molecular weight excluding hydrogens is 520 g/mol. The first-order valence-corrected chi connectivity index (χ1v) is 13.1. The van der Waals surface area contributed by atoms with Crippen LogP contribution >= 0.6 is 11.6 Å². The summed E-state index contributed by atoms with van der Waals surface area (Å²) in [6.45, 7) is 0. The van der Waals surface area contributed by atoms with Gasteiger partial charge in [-0.15, -0.1) is 0 Å². The number of methoxy groups -OCH3 is 1. The van der Waals surface area contributed by atoms with Gasteiger partial charge in [-0.1, -0.05) is 23.7 Å². The summed E-state index contributed by atoms with van der Waals surface area (Å²) in [5.41, 5.74) is 1.52. The number of benzene rings is 2. The molecule has 4 rings (SSSR count). The zero-order valence-electron chi connectivity index (χ0n) is 21.5. The SMILES string of the molecule is COc1cn(C(CC2CCC(O)CC2)C(=O)Cc2ccc(C(=O)O)cc2)c(=O)cc1-c1cc(Cl)ccc1C#N. The van der Waals surface area contributed by atoms with Gasteiger partial charge in [0.05, 0.1) is 42.6 Å². The highest BCUT2D eigenvalue weighted by atomic mass is 35.5. The van der Waals surface area contributed by atoms with E-state index < -0.39 is 17.6 Å². The Balaban J connectivity index is 1.73. The van der Waals surface area contributed by atoms with Gasteiger partial charge in [0.2, 0.25) is 0 Å². The number of aromatic nitrogens is 1. The number of hydrogen-bond donors (Lipinski definition) is 2. The van der Waals surface area contributed by atoms with Crippen LogP contribution in [0.2, 0.25) is 5.02 Å². The topological polar surface area (TPSA) is 130 Å². The molecule has 1 aliphatic carbocycles. The van der Waals surface area contributed by atoms with E-state index in [1.165, 1.54) is 36.1 Å². The highest BCUT2D eigenvalue weighted by Crippen LogP contribution is 2.36. The Kier molecular flexibility index (Phi) is 8.85. The molecule has 2 N–H and O–H groups in total. The van der Waals surface area contributed by atoms with Crippen LogP contribution in [0.25, 0.3) is 11.1 Å². The Morgan fingerprint density at radius 2 is 1.79 bits per heavy atom. The van der Waals surface area contributed by atoms with Gasteiger partial charge >= 0.3 is 5.97 Å². The molecular formula is C30H29ClN2O6. The fourth-order valence-corrected chi connectivity index (χ4v) is 5.33. The summed E-state index contributed by atoms with van der Waals surface area (Å²) >= 11 is 6.18. The number of carboxylic acids is 1. The van der Waals surface area contributed by atoms with Gasteiger partial charge in [0.1, 0.15) is 5.75 Å². The van der Waals surface area contributed by atoms with Gasteiger partial charge in [-0.05, 0) is 73.9 Å². The number of aromatic carboxylic acids is 1. The fourth-order valence-electron chi connectivity index (χ4n) is 5.16. The third kappa shape index (κ3) is 6.56. The van der Waals surface area contributed by atoms with Gasteiger partial charge in [0.25, 0.3) is 5.56 Å². The van der Waals surface area contributed by atoms with Gasteiger partial charge in [0.15, 0.2) is 5.78 Å². The second kappa shape index (κ2) is 12.3. The fraction of sp³-hybridized carbons (Fsp3) is 0.333. The number of carboxylic acid groups (broad SMARTS) is 1. The first-order valence-electron chi connectivity index (χ1n) is 12.7. The molecule has 1 aromatic heterocycles. The highest BCUT2D eigenvalue weighted by Gasteiger charge is 2.29. The standard InChI is InChI=1S/C30H29ClN2O6/c1-39-28-17-33(29(36)15-25(28)24-14-22(31)9-8-21(24)16-32)26(12-18-4-10-23(34)11-5-18)27(35)13-19-2-6-20(7-3-19)30(37)38/h2-3,6-9,14-15,17-18,23,26,34H,4-5,10-13H2,1H3,(H,37,38). The largest absolute Gasteiger partial charge is 0.495 e. The summed E-state index contributed by atoms with van der Waals surface area (Å²) in [4.78, 5) is 38.4. The van der Waals surface area contributed by atoms with E-state index in [0.29, 0.717) is 52.3 Å². The maximum absolute atomic E-state index is 13.7. The number of aliphatic hydroxyl groups excluding tert-OH is 1. The molecule has 0 spiro atoms. The highest BCUT2D eigenvalue weighted by molar-refractivity contribution is 6.31. The summed E-state index contributed by atoms with van der Waals surface area (Å²) < 4.78 is 7.00. The van der Waals surface area contributed by atoms with Crippen molar-refractivity contribution in [2.24, 2.45) is 5.92 Å². The minimum absolute atomic E-state index is 0.0172. The number of pyridine rings is 1. The lowest BCUT2D eigenvalue weighted by Crippen LogP contribution is -2.33. The van der Waals surface area contributed by atoms with Crippen molar-refractivity contribution in [3.05, 3.63) is 86.8 Å². The van der Waals surface area contributed by atoms with Crippen LogP contribution in [0, 0.1) is 17.2 Å². The molecule has 1 heterocycles. The summed E-state index contributed by atoms with van der Waals surface area (Å²) in [6.07, 6.45) is 4.37. The van der Waals surface area contributed by atoms with Crippen molar-refractivity contribution in [1.82, 2.24) is 4.57 Å². The van der Waals surface area contributed by atoms with Gasteiger partial charge < -0.3 is 19.5 Å². The minimum Gasteiger partial charge on any atom is -0.495 e. The van der Waals surface area contributed by atoms with Crippen LogP contribution in [0.15, 0.2) is 59.5 Å². The summed E-state index contributed by atoms with van der Waals surface area (Å²) in [6, 6.07) is 13.5. The van der Waals surface area contributed by atoms with Crippen molar-refractivity contribution >= 4 is 23.4 Å². The molecule has 39 heavy (non-hydrogen) atoms. The molecule has 1 aliphatic rings. The van der Waals surface area contributed by atoms with Gasteiger partial charge in [-0.25, -0.2) is 4.79 Å². The average molecular weight is 549 g/mol. The molecule has 8 nitrogen and oxygen atoms in total. The number of nitriles is 1. The number of hydrogen-bond acceptors (Lipinski definition) is 6. The molecule has 0 aliphatic heterocycles. The Hall–Kier alpha value is -3.93. The quantitative estimate of drug-likeness (QED) is 0.383. The van der Waals surface area contributed by atoms with Crippen LogP contribution in [0.4, 0.5) is 0 Å². The molecule has 0 radical (unpaired) electrons. The first kappa shape index (κ1) is 28.1. The third-order valence-electron chi connectivity index (χ3n) is 7.32. The Labute approximate surface area is 231 Å². The lowest BCUT2D eigenvalue weighted by molar-refractivity contribution is -0.122. The molecule has 2 aromatic carbocycles. The molecule has 0 amide bonds. The molecule has 202 valence electrons. The van der Waals surface area contributed by atoms with E-state index in [9.17, 15) is 24.8 Å². The maximum atomic E-state index is 13.7. The number of halogens is 1. The molecule has 9 heteroatoms. The average Bonchev–Trinajstić information content (AvgIpc) is 2.93. The molecule has 1 fully saturated rings. The van der Waals surface area contributed by atoms with E-state index >= 15 is 0 Å². The van der Waals surface area contributed by atoms with Crippen molar-refractivity contribution < 1.29 is 24.5 Å². The number of rotatable bonds is 9. The van der Waals surface area contributed by atoms with Crippen molar-refractivity contribution in [3.63, 3.8) is 0 Å². The number of aliphatic hydroxyl groups is 1. The number of carbonyl (C=O) groups is 2. The maximum Gasteiger partial charge on any atom is 0.335 e. The normalized spacial score (nSPS) is 17.7. The molecule has 1 unspecified atom stereocenters. The molecule has 1 saturated carbocycles. The predicted octanol–water partition coefficient (Wildman–Crippen LogP) is 5.04. The van der Waals surface area contributed by atoms with E-state index in [-0.39, 0.29) is 29.8 Å². The second-order valence-electron chi connectivity index (χ2n) is 9.87. The van der Waals surface area contributed by atoms with Gasteiger partial charge in [0, 0.05) is 28.6 Å². The summed E-state index contributed by atoms with van der Waals surface area (Å²) in [5.74, 6) is -0.784. The Morgan fingerprint density at radius 3 is 2.41 bits per heavy atom. The first-order chi connectivity index (χ1) is 18.7.